The minimum atomic E-state index is 0. The smallest absolute Gasteiger partial charge is 0.221 e. The molecule has 2 aliphatic heterocycles. The van der Waals surface area contributed by atoms with Crippen LogP contribution in [0.25, 0.3) is 0 Å². The molecule has 1 aromatic rings. The summed E-state index contributed by atoms with van der Waals surface area (Å²) < 4.78 is 5.38. The van der Waals surface area contributed by atoms with E-state index in [2.05, 4.69) is 50.8 Å². The lowest BCUT2D eigenvalue weighted by atomic mass is 10.2. The first-order chi connectivity index (χ1) is 12.3. The van der Waals surface area contributed by atoms with E-state index in [4.69, 9.17) is 4.74 Å². The molecule has 1 amide bonds. The Balaban J connectivity index is 0.00000243. The van der Waals surface area contributed by atoms with Gasteiger partial charge in [-0.15, -0.1) is 37.2 Å². The molecule has 2 aliphatic rings. The van der Waals surface area contributed by atoms with Crippen LogP contribution in [-0.4, -0.2) is 80.8 Å². The molecule has 2 N–H and O–H groups in total. The van der Waals surface area contributed by atoms with Gasteiger partial charge in [0.05, 0.1) is 13.2 Å². The maximum absolute atomic E-state index is 12.0. The highest BCUT2D eigenvalue weighted by Crippen LogP contribution is 2.08. The molecule has 0 saturated carbocycles. The summed E-state index contributed by atoms with van der Waals surface area (Å²) in [5, 5.41) is 6.35. The molecule has 28 heavy (non-hydrogen) atoms. The van der Waals surface area contributed by atoms with Gasteiger partial charge >= 0.3 is 0 Å². The summed E-state index contributed by atoms with van der Waals surface area (Å²) >= 11 is 0. The van der Waals surface area contributed by atoms with E-state index in [1.165, 1.54) is 5.56 Å². The number of carbonyl (C=O) groups is 1. The van der Waals surface area contributed by atoms with Crippen LogP contribution >= 0.6 is 37.2 Å². The summed E-state index contributed by atoms with van der Waals surface area (Å²) in [7, 11) is 0. The number of hydrogen-bond donors (Lipinski definition) is 2. The zero-order valence-electron chi connectivity index (χ0n) is 16.2. The van der Waals surface area contributed by atoms with Gasteiger partial charge in [0.2, 0.25) is 5.91 Å². The van der Waals surface area contributed by atoms with E-state index in [1.807, 2.05) is 0 Å². The van der Waals surface area contributed by atoms with Crippen LogP contribution in [0.5, 0.6) is 0 Å². The van der Waals surface area contributed by atoms with Gasteiger partial charge in [-0.25, -0.2) is 0 Å². The van der Waals surface area contributed by atoms with Crippen LogP contribution in [0.3, 0.4) is 0 Å². The maximum Gasteiger partial charge on any atom is 0.221 e. The van der Waals surface area contributed by atoms with E-state index in [0.717, 1.165) is 59.0 Å². The van der Waals surface area contributed by atoms with Crippen molar-refractivity contribution < 1.29 is 9.53 Å². The molecular weight excluding hydrogens is 423 g/mol. The average Bonchev–Trinajstić information content (AvgIpc) is 2.65. The number of hydrogen-bond acceptors (Lipinski definition) is 5. The summed E-state index contributed by atoms with van der Waals surface area (Å²) in [5.74, 6) is 0.116. The molecule has 1 aromatic carbocycles. The minimum Gasteiger partial charge on any atom is -0.378 e. The molecule has 1 atom stereocenters. The molecule has 2 saturated heterocycles. The normalized spacial score (nSPS) is 20.2. The van der Waals surface area contributed by atoms with Gasteiger partial charge in [-0.05, 0) is 5.56 Å². The first-order valence-electron chi connectivity index (χ1n) is 9.36. The van der Waals surface area contributed by atoms with Crippen LogP contribution in [0.15, 0.2) is 30.3 Å². The standard InChI is InChI=1S/C19H30N4O2.3ClH/c24-19(14-18-16-25-13-7-20-18)21-6-8-22-9-11-23(12-10-22)15-17-4-2-1-3-5-17;;;/h1-5,18,20H,6-16H2,(H,21,24);3*1H. The summed E-state index contributed by atoms with van der Waals surface area (Å²) in [4.78, 5) is 16.9. The Morgan fingerprint density at radius 3 is 2.39 bits per heavy atom. The molecule has 9 heteroatoms. The third-order valence-corrected chi connectivity index (χ3v) is 4.89. The summed E-state index contributed by atoms with van der Waals surface area (Å²) in [6.45, 7) is 9.22. The van der Waals surface area contributed by atoms with Crippen molar-refractivity contribution in [1.82, 2.24) is 20.4 Å². The number of piperazine rings is 1. The van der Waals surface area contributed by atoms with Crippen LogP contribution < -0.4 is 10.6 Å². The van der Waals surface area contributed by atoms with Crippen LogP contribution in [-0.2, 0) is 16.1 Å². The molecule has 2 fully saturated rings. The SMILES string of the molecule is Cl.Cl.Cl.O=C(CC1COCCN1)NCCN1CCN(Cc2ccccc2)CC1. The van der Waals surface area contributed by atoms with Crippen molar-refractivity contribution in [2.24, 2.45) is 0 Å². The zero-order valence-corrected chi connectivity index (χ0v) is 18.6. The molecule has 0 aromatic heterocycles. The zero-order chi connectivity index (χ0) is 17.3. The van der Waals surface area contributed by atoms with Gasteiger partial charge in [0.1, 0.15) is 0 Å². The monoisotopic (exact) mass is 454 g/mol. The number of benzene rings is 1. The Hall–Kier alpha value is -0.600. The predicted molar refractivity (Wildman–Crippen MR) is 120 cm³/mol. The third kappa shape index (κ3) is 9.74. The number of amides is 1. The Morgan fingerprint density at radius 2 is 1.75 bits per heavy atom. The number of morpholine rings is 1. The molecule has 0 spiro atoms. The molecular formula is C19H33Cl3N4O2. The fourth-order valence-corrected chi connectivity index (χ4v) is 3.41. The lowest BCUT2D eigenvalue weighted by molar-refractivity contribution is -0.122. The number of nitrogens with one attached hydrogen (secondary N) is 2. The van der Waals surface area contributed by atoms with Crippen molar-refractivity contribution in [3.8, 4) is 0 Å². The molecule has 0 aliphatic carbocycles. The van der Waals surface area contributed by atoms with Crippen molar-refractivity contribution in [1.29, 1.82) is 0 Å². The molecule has 6 nitrogen and oxygen atoms in total. The van der Waals surface area contributed by atoms with E-state index in [-0.39, 0.29) is 49.2 Å². The van der Waals surface area contributed by atoms with E-state index in [1.54, 1.807) is 0 Å². The Labute approximate surface area is 187 Å². The van der Waals surface area contributed by atoms with Crippen LogP contribution in [0, 0.1) is 0 Å². The average molecular weight is 456 g/mol. The maximum atomic E-state index is 12.0. The second-order valence-corrected chi connectivity index (χ2v) is 6.88. The second-order valence-electron chi connectivity index (χ2n) is 6.88. The van der Waals surface area contributed by atoms with Gasteiger partial charge in [0.15, 0.2) is 0 Å². The van der Waals surface area contributed by atoms with Crippen LogP contribution in [0.1, 0.15) is 12.0 Å². The minimum absolute atomic E-state index is 0. The van der Waals surface area contributed by atoms with E-state index in [0.29, 0.717) is 13.0 Å². The number of ether oxygens (including phenoxy) is 1. The van der Waals surface area contributed by atoms with E-state index >= 15 is 0 Å². The van der Waals surface area contributed by atoms with Crippen molar-refractivity contribution in [3.05, 3.63) is 35.9 Å². The molecule has 2 heterocycles. The molecule has 0 bridgehead atoms. The van der Waals surface area contributed by atoms with Gasteiger partial charge in [-0.1, -0.05) is 30.3 Å². The van der Waals surface area contributed by atoms with Crippen molar-refractivity contribution in [2.45, 2.75) is 19.0 Å². The summed E-state index contributed by atoms with van der Waals surface area (Å²) in [6, 6.07) is 10.8. The number of halogens is 3. The summed E-state index contributed by atoms with van der Waals surface area (Å²) in [5.41, 5.74) is 1.38. The van der Waals surface area contributed by atoms with Crippen LogP contribution in [0.2, 0.25) is 0 Å². The molecule has 1 unspecified atom stereocenters. The van der Waals surface area contributed by atoms with E-state index in [9.17, 15) is 4.79 Å². The van der Waals surface area contributed by atoms with Gasteiger partial charge < -0.3 is 15.4 Å². The first kappa shape index (κ1) is 27.4. The Morgan fingerprint density at radius 1 is 1.07 bits per heavy atom. The molecule has 3 rings (SSSR count). The van der Waals surface area contributed by atoms with Crippen molar-refractivity contribution >= 4 is 43.1 Å². The quantitative estimate of drug-likeness (QED) is 0.653. The Kier molecular flexibility index (Phi) is 14.9. The van der Waals surface area contributed by atoms with Crippen molar-refractivity contribution in [3.63, 3.8) is 0 Å². The topological polar surface area (TPSA) is 56.8 Å². The fourth-order valence-electron chi connectivity index (χ4n) is 3.41. The van der Waals surface area contributed by atoms with Crippen LogP contribution in [0.4, 0.5) is 0 Å². The largest absolute Gasteiger partial charge is 0.378 e. The molecule has 162 valence electrons. The fraction of sp³-hybridized carbons (Fsp3) is 0.632. The number of rotatable bonds is 7. The predicted octanol–water partition coefficient (Wildman–Crippen LogP) is 1.56. The summed E-state index contributed by atoms with van der Waals surface area (Å²) in [6.07, 6.45) is 0.505. The lowest BCUT2D eigenvalue weighted by Gasteiger charge is -2.34. The molecule has 0 radical (unpaired) electrons. The first-order valence-corrected chi connectivity index (χ1v) is 9.36. The highest BCUT2D eigenvalue weighted by Gasteiger charge is 2.18. The van der Waals surface area contributed by atoms with E-state index < -0.39 is 0 Å². The van der Waals surface area contributed by atoms with Crippen molar-refractivity contribution in [2.75, 3.05) is 59.0 Å². The van der Waals surface area contributed by atoms with Gasteiger partial charge in [-0.2, -0.15) is 0 Å². The highest BCUT2D eigenvalue weighted by molar-refractivity contribution is 5.86. The number of nitrogens with zero attached hydrogens (tertiary/aromatic N) is 2. The lowest BCUT2D eigenvalue weighted by Crippen LogP contribution is -2.48. The van der Waals surface area contributed by atoms with Gasteiger partial charge in [-0.3, -0.25) is 14.6 Å². The highest BCUT2D eigenvalue weighted by atomic mass is 35.5. The number of carbonyl (C=O) groups excluding carboxylic acids is 1. The Bertz CT molecular complexity index is 525. The van der Waals surface area contributed by atoms with Gasteiger partial charge in [0, 0.05) is 64.8 Å². The van der Waals surface area contributed by atoms with Gasteiger partial charge in [0.25, 0.3) is 0 Å². The second kappa shape index (κ2) is 15.3. The third-order valence-electron chi connectivity index (χ3n) is 4.89.